The predicted octanol–water partition coefficient (Wildman–Crippen LogP) is 4.52. The van der Waals surface area contributed by atoms with Gasteiger partial charge in [0.05, 0.1) is 23.8 Å². The van der Waals surface area contributed by atoms with E-state index in [2.05, 4.69) is 29.0 Å². The molecule has 0 radical (unpaired) electrons. The lowest BCUT2D eigenvalue weighted by atomic mass is 9.90. The molecule has 1 saturated heterocycles. The normalized spacial score (nSPS) is 19.7. The summed E-state index contributed by atoms with van der Waals surface area (Å²) in [4.78, 5) is 20.3. The Morgan fingerprint density at radius 3 is 2.20 bits per heavy atom. The maximum absolute atomic E-state index is 13.2. The number of ether oxygens (including phenoxy) is 1. The Kier molecular flexibility index (Phi) is 6.57. The highest BCUT2D eigenvalue weighted by Gasteiger charge is 2.25. The molecule has 3 aromatic rings. The van der Waals surface area contributed by atoms with Crippen LogP contribution in [0.25, 0.3) is 0 Å². The lowest BCUT2D eigenvalue weighted by molar-refractivity contribution is -0.116. The Hall–Kier alpha value is -2.54. The van der Waals surface area contributed by atoms with E-state index in [4.69, 9.17) is 4.74 Å². The Morgan fingerprint density at radius 1 is 1.07 bits per heavy atom. The summed E-state index contributed by atoms with van der Waals surface area (Å²) in [7, 11) is 0. The number of amides is 1. The molecule has 1 N–H and O–H groups in total. The van der Waals surface area contributed by atoms with Gasteiger partial charge in [-0.2, -0.15) is 0 Å². The summed E-state index contributed by atoms with van der Waals surface area (Å²) < 4.78 is 5.81. The second-order valence-electron chi connectivity index (χ2n) is 7.84. The van der Waals surface area contributed by atoms with Gasteiger partial charge in [0.15, 0.2) is 5.13 Å². The number of carbonyl (C=O) groups excluding carboxylic acids is 1. The topological polar surface area (TPSA) is 54.5 Å². The average Bonchev–Trinajstić information content (AvgIpc) is 3.15. The van der Waals surface area contributed by atoms with Gasteiger partial charge in [-0.3, -0.25) is 9.69 Å². The molecule has 6 heteroatoms. The first-order valence-electron chi connectivity index (χ1n) is 10.3. The first kappa shape index (κ1) is 20.7. The van der Waals surface area contributed by atoms with Crippen LogP contribution in [-0.4, -0.2) is 41.1 Å². The van der Waals surface area contributed by atoms with Gasteiger partial charge in [-0.05, 0) is 25.0 Å². The SMILES string of the molecule is C[C@@H]1CN(Cc2csc(NC(=O)C(c3ccccc3)c3ccccc3)n2)C[C@H](C)O1. The molecular formula is C24H27N3O2S. The molecule has 4 rings (SSSR count). The number of thiazole rings is 1. The zero-order valence-electron chi connectivity index (χ0n) is 17.3. The van der Waals surface area contributed by atoms with E-state index >= 15 is 0 Å². The Bertz CT molecular complexity index is 911. The number of benzene rings is 2. The van der Waals surface area contributed by atoms with Crippen molar-refractivity contribution in [1.82, 2.24) is 9.88 Å². The summed E-state index contributed by atoms with van der Waals surface area (Å²) in [5, 5.41) is 5.71. The molecule has 0 aliphatic carbocycles. The third kappa shape index (κ3) is 5.14. The van der Waals surface area contributed by atoms with E-state index in [1.54, 1.807) is 0 Å². The fourth-order valence-corrected chi connectivity index (χ4v) is 4.75. The lowest BCUT2D eigenvalue weighted by Gasteiger charge is -2.34. The molecule has 0 bridgehead atoms. The van der Waals surface area contributed by atoms with Gasteiger partial charge < -0.3 is 10.1 Å². The minimum absolute atomic E-state index is 0.0677. The summed E-state index contributed by atoms with van der Waals surface area (Å²) in [6, 6.07) is 19.7. The number of hydrogen-bond acceptors (Lipinski definition) is 5. The van der Waals surface area contributed by atoms with Crippen molar-refractivity contribution >= 4 is 22.4 Å². The molecule has 0 unspecified atom stereocenters. The molecule has 2 aromatic carbocycles. The predicted molar refractivity (Wildman–Crippen MR) is 121 cm³/mol. The van der Waals surface area contributed by atoms with Crippen molar-refractivity contribution in [2.75, 3.05) is 18.4 Å². The van der Waals surface area contributed by atoms with Crippen LogP contribution in [0.1, 0.15) is 36.6 Å². The fourth-order valence-electron chi connectivity index (χ4n) is 4.04. The molecule has 0 spiro atoms. The molecule has 2 heterocycles. The molecule has 2 atom stereocenters. The van der Waals surface area contributed by atoms with Crippen LogP contribution in [0, 0.1) is 0 Å². The minimum Gasteiger partial charge on any atom is -0.373 e. The average molecular weight is 422 g/mol. The largest absolute Gasteiger partial charge is 0.373 e. The van der Waals surface area contributed by atoms with Gasteiger partial charge in [-0.15, -0.1) is 11.3 Å². The maximum Gasteiger partial charge on any atom is 0.238 e. The quantitative estimate of drug-likeness (QED) is 0.636. The minimum atomic E-state index is -0.374. The summed E-state index contributed by atoms with van der Waals surface area (Å²) in [6.45, 7) is 6.76. The molecule has 5 nitrogen and oxygen atoms in total. The zero-order chi connectivity index (χ0) is 20.9. The number of morpholine rings is 1. The third-order valence-corrected chi connectivity index (χ3v) is 6.00. The van der Waals surface area contributed by atoms with Crippen molar-refractivity contribution < 1.29 is 9.53 Å². The first-order chi connectivity index (χ1) is 14.6. The van der Waals surface area contributed by atoms with Gasteiger partial charge >= 0.3 is 0 Å². The zero-order valence-corrected chi connectivity index (χ0v) is 18.1. The standard InChI is InChI=1S/C24H27N3O2S/c1-17-13-27(14-18(2)29-17)15-21-16-30-24(25-21)26-23(28)22(19-9-5-3-6-10-19)20-11-7-4-8-12-20/h3-12,16-18,22H,13-15H2,1-2H3,(H,25,26,28)/t17-,18+. The number of hydrogen-bond donors (Lipinski definition) is 1. The van der Waals surface area contributed by atoms with Gasteiger partial charge in [0.1, 0.15) is 0 Å². The molecule has 0 saturated carbocycles. The van der Waals surface area contributed by atoms with Crippen LogP contribution in [0.2, 0.25) is 0 Å². The second kappa shape index (κ2) is 9.51. The Morgan fingerprint density at radius 2 is 1.63 bits per heavy atom. The third-order valence-electron chi connectivity index (χ3n) is 5.19. The highest BCUT2D eigenvalue weighted by atomic mass is 32.1. The number of nitrogens with zero attached hydrogens (tertiary/aromatic N) is 2. The van der Waals surface area contributed by atoms with E-state index in [9.17, 15) is 4.79 Å². The lowest BCUT2D eigenvalue weighted by Crippen LogP contribution is -2.44. The monoisotopic (exact) mass is 421 g/mol. The van der Waals surface area contributed by atoms with Gasteiger partial charge in [0, 0.05) is 25.0 Å². The Labute approximate surface area is 181 Å². The molecular weight excluding hydrogens is 394 g/mol. The molecule has 1 aromatic heterocycles. The van der Waals surface area contributed by atoms with E-state index in [1.165, 1.54) is 11.3 Å². The van der Waals surface area contributed by atoms with Gasteiger partial charge in [-0.25, -0.2) is 4.98 Å². The highest BCUT2D eigenvalue weighted by Crippen LogP contribution is 2.27. The smallest absolute Gasteiger partial charge is 0.238 e. The summed E-state index contributed by atoms with van der Waals surface area (Å²) in [6.07, 6.45) is 0.452. The van der Waals surface area contributed by atoms with Crippen molar-refractivity contribution in [2.45, 2.75) is 38.5 Å². The summed E-state index contributed by atoms with van der Waals surface area (Å²) >= 11 is 1.47. The maximum atomic E-state index is 13.2. The van der Waals surface area contributed by atoms with Crippen molar-refractivity contribution in [1.29, 1.82) is 0 Å². The van der Waals surface area contributed by atoms with Crippen molar-refractivity contribution in [2.24, 2.45) is 0 Å². The van der Waals surface area contributed by atoms with Crippen LogP contribution in [0.4, 0.5) is 5.13 Å². The van der Waals surface area contributed by atoms with Crippen molar-refractivity contribution in [3.63, 3.8) is 0 Å². The number of anilines is 1. The van der Waals surface area contributed by atoms with Crippen LogP contribution >= 0.6 is 11.3 Å². The fraction of sp³-hybridized carbons (Fsp3) is 0.333. The van der Waals surface area contributed by atoms with E-state index in [1.807, 2.05) is 66.0 Å². The number of aromatic nitrogens is 1. The number of rotatable bonds is 6. The van der Waals surface area contributed by atoms with E-state index < -0.39 is 0 Å². The van der Waals surface area contributed by atoms with E-state index in [-0.39, 0.29) is 24.0 Å². The van der Waals surface area contributed by atoms with Gasteiger partial charge in [-0.1, -0.05) is 60.7 Å². The summed E-state index contributed by atoms with van der Waals surface area (Å²) in [5.41, 5.74) is 2.91. The Balaban J connectivity index is 1.47. The highest BCUT2D eigenvalue weighted by molar-refractivity contribution is 7.13. The molecule has 1 aliphatic rings. The summed E-state index contributed by atoms with van der Waals surface area (Å²) in [5.74, 6) is -0.442. The molecule has 30 heavy (non-hydrogen) atoms. The van der Waals surface area contributed by atoms with Crippen LogP contribution in [0.5, 0.6) is 0 Å². The number of carbonyl (C=O) groups is 1. The van der Waals surface area contributed by atoms with Crippen LogP contribution in [0.15, 0.2) is 66.0 Å². The molecule has 1 fully saturated rings. The molecule has 1 amide bonds. The van der Waals surface area contributed by atoms with Crippen molar-refractivity contribution in [3.05, 3.63) is 82.9 Å². The van der Waals surface area contributed by atoms with E-state index in [0.29, 0.717) is 5.13 Å². The van der Waals surface area contributed by atoms with E-state index in [0.717, 1.165) is 36.5 Å². The first-order valence-corrected chi connectivity index (χ1v) is 11.2. The van der Waals surface area contributed by atoms with Gasteiger partial charge in [0.25, 0.3) is 0 Å². The van der Waals surface area contributed by atoms with Crippen molar-refractivity contribution in [3.8, 4) is 0 Å². The molecule has 1 aliphatic heterocycles. The van der Waals surface area contributed by atoms with Crippen LogP contribution in [0.3, 0.4) is 0 Å². The van der Waals surface area contributed by atoms with Gasteiger partial charge in [0.2, 0.25) is 5.91 Å². The second-order valence-corrected chi connectivity index (χ2v) is 8.70. The van der Waals surface area contributed by atoms with Crippen LogP contribution < -0.4 is 5.32 Å². The van der Waals surface area contributed by atoms with Crippen LogP contribution in [-0.2, 0) is 16.1 Å². The number of nitrogens with one attached hydrogen (secondary N) is 1. The molecule has 156 valence electrons.